The van der Waals surface area contributed by atoms with Crippen LogP contribution < -0.4 is 72.0 Å². The van der Waals surface area contributed by atoms with Crippen LogP contribution >= 0.6 is 0 Å². The minimum absolute atomic E-state index is 0.119. The van der Waals surface area contributed by atoms with E-state index in [2.05, 4.69) is 66.7 Å². The van der Waals surface area contributed by atoms with Gasteiger partial charge in [-0.3, -0.25) is 4.79 Å². The number of nitrogens with one attached hydrogen (secondary N) is 8. The summed E-state index contributed by atoms with van der Waals surface area (Å²) in [4.78, 5) is 96.2. The molecule has 546 valence electrons. The molecular formula is C77H90N20O8. The van der Waals surface area contributed by atoms with Crippen LogP contribution in [-0.4, -0.2) is 176 Å². The predicted octanol–water partition coefficient (Wildman–Crippen LogP) is 8.80. The summed E-state index contributed by atoms with van der Waals surface area (Å²) in [7, 11) is 0. The number of amides is 6. The largest absolute Gasteiger partial charge is 0.473 e. The van der Waals surface area contributed by atoms with Crippen molar-refractivity contribution in [1.82, 2.24) is 61.1 Å². The van der Waals surface area contributed by atoms with Crippen LogP contribution in [0, 0.1) is 0 Å². The first-order chi connectivity index (χ1) is 51.5. The van der Waals surface area contributed by atoms with Gasteiger partial charge in [-0.15, -0.1) is 0 Å². The van der Waals surface area contributed by atoms with Crippen LogP contribution in [0.4, 0.5) is 60.5 Å². The van der Waals surface area contributed by atoms with E-state index < -0.39 is 0 Å². The first-order valence-corrected chi connectivity index (χ1v) is 36.2. The number of rotatable bonds is 17. The van der Waals surface area contributed by atoms with Crippen molar-refractivity contribution in [3.63, 3.8) is 0 Å². The molecule has 3 fully saturated rings. The number of aromatic nitrogens is 8. The zero-order valence-electron chi connectivity index (χ0n) is 59.6. The first kappa shape index (κ1) is 72.0. The zero-order chi connectivity index (χ0) is 72.3. The van der Waals surface area contributed by atoms with Crippen LogP contribution in [0.1, 0.15) is 60.1 Å². The molecule has 0 aliphatic carbocycles. The molecule has 6 aliphatic heterocycles. The van der Waals surface area contributed by atoms with Crippen LogP contribution in [-0.2, 0) is 59.7 Å². The number of H-pyrrole nitrogens is 1. The molecule has 3 saturated heterocycles. The van der Waals surface area contributed by atoms with E-state index in [9.17, 15) is 19.2 Å². The van der Waals surface area contributed by atoms with Crippen LogP contribution in [0.2, 0.25) is 0 Å². The molecule has 9 aromatic rings. The van der Waals surface area contributed by atoms with E-state index in [0.717, 1.165) is 178 Å². The molecule has 15 rings (SSSR count). The number of urea groups is 3. The van der Waals surface area contributed by atoms with Crippen molar-refractivity contribution in [1.29, 1.82) is 0 Å². The maximum Gasteiger partial charge on any atom is 0.319 e. The van der Waals surface area contributed by atoms with E-state index in [1.54, 1.807) is 6.07 Å². The van der Waals surface area contributed by atoms with Gasteiger partial charge in [-0.25, -0.2) is 44.3 Å². The summed E-state index contributed by atoms with van der Waals surface area (Å²) in [5.74, 6) is 7.24. The molecule has 6 aliphatic rings. The summed E-state index contributed by atoms with van der Waals surface area (Å²) in [5, 5.41) is 20.1. The van der Waals surface area contributed by atoms with Crippen LogP contribution in [0.15, 0.2) is 144 Å². The first-order valence-electron chi connectivity index (χ1n) is 36.2. The Morgan fingerprint density at radius 3 is 1.32 bits per heavy atom. The smallest absolute Gasteiger partial charge is 0.319 e. The Balaban J connectivity index is 0.000000143. The Labute approximate surface area is 610 Å². The second-order valence-electron chi connectivity index (χ2n) is 25.7. The molecule has 5 aromatic heterocycles. The van der Waals surface area contributed by atoms with Crippen molar-refractivity contribution in [3.8, 4) is 40.0 Å². The number of carbonyl (C=O) groups excluding carboxylic acids is 3. The molecule has 105 heavy (non-hydrogen) atoms. The number of nitrogens with zero attached hydrogens (tertiary/aromatic N) is 12. The highest BCUT2D eigenvalue weighted by Gasteiger charge is 2.30. The molecule has 0 bridgehead atoms. The Kier molecular flexibility index (Phi) is 24.2. The van der Waals surface area contributed by atoms with Gasteiger partial charge in [0.1, 0.15) is 35.7 Å². The number of carbonyl (C=O) groups is 3. The maximum atomic E-state index is 11.9. The predicted molar refractivity (Wildman–Crippen MR) is 407 cm³/mol. The number of ether oxygens (including phenoxy) is 4. The van der Waals surface area contributed by atoms with E-state index in [1.165, 1.54) is 17.2 Å². The second kappa shape index (κ2) is 35.2. The van der Waals surface area contributed by atoms with Gasteiger partial charge in [-0.1, -0.05) is 42.5 Å². The van der Waals surface area contributed by atoms with Crippen LogP contribution in [0.5, 0.6) is 5.88 Å². The third-order valence-corrected chi connectivity index (χ3v) is 18.5. The van der Waals surface area contributed by atoms with Crippen molar-refractivity contribution >= 4 is 64.2 Å². The highest BCUT2D eigenvalue weighted by atomic mass is 16.5. The normalized spacial score (nSPS) is 15.4. The molecular weight excluding hydrogens is 1330 g/mol. The summed E-state index contributed by atoms with van der Waals surface area (Å²) < 4.78 is 22.7. The lowest BCUT2D eigenvalue weighted by Crippen LogP contribution is -2.40. The molecule has 0 spiro atoms. The van der Waals surface area contributed by atoms with Crippen molar-refractivity contribution in [2.75, 3.05) is 159 Å². The van der Waals surface area contributed by atoms with Crippen LogP contribution in [0.25, 0.3) is 34.2 Å². The number of hydrogen-bond donors (Lipinski definition) is 8. The average molecular weight is 1420 g/mol. The quantitative estimate of drug-likeness (QED) is 0.0422. The lowest BCUT2D eigenvalue weighted by Gasteiger charge is -2.34. The van der Waals surface area contributed by atoms with E-state index in [4.69, 9.17) is 53.8 Å². The van der Waals surface area contributed by atoms with Gasteiger partial charge < -0.3 is 85.6 Å². The summed E-state index contributed by atoms with van der Waals surface area (Å²) in [6, 6.07) is 43.3. The van der Waals surface area contributed by atoms with Crippen LogP contribution in [0.3, 0.4) is 0 Å². The van der Waals surface area contributed by atoms with Gasteiger partial charge in [0.2, 0.25) is 11.4 Å². The fourth-order valence-electron chi connectivity index (χ4n) is 13.2. The lowest BCUT2D eigenvalue weighted by molar-refractivity contribution is 0.122. The van der Waals surface area contributed by atoms with Crippen molar-refractivity contribution in [2.45, 2.75) is 66.3 Å². The Bertz CT molecular complexity index is 4480. The maximum absolute atomic E-state index is 11.9. The number of pyridine rings is 2. The van der Waals surface area contributed by atoms with Crippen molar-refractivity contribution in [2.24, 2.45) is 0 Å². The van der Waals surface area contributed by atoms with Gasteiger partial charge in [-0.05, 0) is 137 Å². The van der Waals surface area contributed by atoms with E-state index in [0.29, 0.717) is 100 Å². The standard InChI is InChI=1S/C32H35N7O3.C25H29N7O3.C20H26N6O2/c1-2-33-32(40)34-25-13-11-24(12-14-25)30-35-27-21-39(16-15-26(27)31(37-30)38-17-19-41-20-18-38)28-9-6-10-29(36-28)42-22-23-7-4-3-5-8-23;1-2-26-25(34)27-18-8-6-17(7-9-18)23-28-20-16-32(21-4-3-5-22(33)29-21)11-10-19(20)24(30-23)31-12-14-35-15-13-31;1-2-22-20(27)23-15-5-3-14(4-6-15)18-24-17-13-21-8-7-16(17)19(25-18)26-9-11-28-12-10-26/h3-14H,2,15-22H2,1H3,(H2,33,34,40);3-9H,2,10-16H2,1H3,(H,29,33)(H2,26,27,34);3-6,21H,2,7-13H2,1H3,(H2,22,23,27). The fourth-order valence-corrected chi connectivity index (χ4v) is 13.2. The SMILES string of the molecule is CCNC(=O)Nc1ccc(-c2nc3c(c(N4CCOCC4)n2)CCN(c2cccc(=O)[nH]2)C3)cc1.CCNC(=O)Nc1ccc(-c2nc3c(c(N4CCOCC4)n2)CCN(c2cccc(OCc4ccccc4)n2)C3)cc1.CCNC(=O)Nc1ccc(-c2nc3c(c(N4CCOCC4)n2)CCNC3)cc1. The Hall–Kier alpha value is -11.3. The molecule has 28 nitrogen and oxygen atoms in total. The van der Waals surface area contributed by atoms with Crippen molar-refractivity contribution < 1.29 is 33.3 Å². The van der Waals surface area contributed by atoms with Gasteiger partial charge in [0.25, 0.3) is 0 Å². The monoisotopic (exact) mass is 1420 g/mol. The van der Waals surface area contributed by atoms with E-state index in [1.807, 2.05) is 148 Å². The lowest BCUT2D eigenvalue weighted by atomic mass is 10.0. The van der Waals surface area contributed by atoms with E-state index in [-0.39, 0.29) is 23.7 Å². The van der Waals surface area contributed by atoms with Gasteiger partial charge in [0.15, 0.2) is 17.5 Å². The number of fused-ring (bicyclic) bond motifs is 3. The molecule has 0 radical (unpaired) electrons. The number of benzene rings is 4. The van der Waals surface area contributed by atoms with E-state index >= 15 is 0 Å². The van der Waals surface area contributed by atoms with Gasteiger partial charge in [0.05, 0.1) is 69.8 Å². The Morgan fingerprint density at radius 2 is 0.867 bits per heavy atom. The molecule has 28 heteroatoms. The number of hydrogen-bond acceptors (Lipinski definition) is 21. The number of anilines is 8. The third-order valence-electron chi connectivity index (χ3n) is 18.5. The molecule has 8 N–H and O–H groups in total. The Morgan fingerprint density at radius 1 is 0.438 bits per heavy atom. The fraction of sp³-hybridized carbons (Fsp3) is 0.364. The molecule has 6 amide bonds. The average Bonchev–Trinajstić information content (AvgIpc) is 0.797. The second-order valence-corrected chi connectivity index (χ2v) is 25.7. The highest BCUT2D eigenvalue weighted by Crippen LogP contribution is 2.35. The summed E-state index contributed by atoms with van der Waals surface area (Å²) in [6.07, 6.45) is 2.54. The minimum atomic E-state index is -0.237. The highest BCUT2D eigenvalue weighted by molar-refractivity contribution is 5.91. The number of aromatic amines is 1. The van der Waals surface area contributed by atoms with Crippen molar-refractivity contribution in [3.05, 3.63) is 189 Å². The zero-order valence-corrected chi connectivity index (χ0v) is 59.6. The summed E-state index contributed by atoms with van der Waals surface area (Å²) in [6.45, 7) is 21.4. The topological polar surface area (TPSA) is 312 Å². The summed E-state index contributed by atoms with van der Waals surface area (Å²) in [5.41, 5.74) is 12.4. The summed E-state index contributed by atoms with van der Waals surface area (Å²) >= 11 is 0. The third kappa shape index (κ3) is 18.7. The molecule has 0 saturated carbocycles. The molecule has 0 atom stereocenters. The van der Waals surface area contributed by atoms with Gasteiger partial charge in [-0.2, -0.15) is 4.98 Å². The molecule has 0 unspecified atom stereocenters. The molecule has 4 aromatic carbocycles. The minimum Gasteiger partial charge on any atom is -0.473 e. The van der Waals surface area contributed by atoms with Gasteiger partial charge >= 0.3 is 18.1 Å². The number of morpholine rings is 3. The van der Waals surface area contributed by atoms with Gasteiger partial charge in [0, 0.05) is 141 Å². The molecule has 11 heterocycles.